The Kier molecular flexibility index (Phi) is 6.46. The summed E-state index contributed by atoms with van der Waals surface area (Å²) in [6, 6.07) is 7.12. The first-order valence-corrected chi connectivity index (χ1v) is 8.60. The van der Waals surface area contributed by atoms with E-state index >= 15 is 0 Å². The van der Waals surface area contributed by atoms with Crippen molar-refractivity contribution < 1.29 is 14.3 Å². The third kappa shape index (κ3) is 4.71. The van der Waals surface area contributed by atoms with Crippen LogP contribution in [0.3, 0.4) is 0 Å². The normalized spacial score (nSPS) is 20.4. The summed E-state index contributed by atoms with van der Waals surface area (Å²) >= 11 is 5.90. The van der Waals surface area contributed by atoms with Gasteiger partial charge in [-0.05, 0) is 24.1 Å². The number of halogens is 1. The number of hydrogen-bond acceptors (Lipinski definition) is 3. The summed E-state index contributed by atoms with van der Waals surface area (Å²) in [5.74, 6) is -0.783. The van der Waals surface area contributed by atoms with Crippen molar-refractivity contribution >= 4 is 23.5 Å². The van der Waals surface area contributed by atoms with Crippen LogP contribution < -0.4 is 0 Å². The van der Waals surface area contributed by atoms with Crippen molar-refractivity contribution in [2.24, 2.45) is 5.92 Å². The number of hydrogen-bond donors (Lipinski definition) is 0. The van der Waals surface area contributed by atoms with Crippen molar-refractivity contribution in [2.75, 3.05) is 13.6 Å². The van der Waals surface area contributed by atoms with Crippen molar-refractivity contribution in [3.05, 3.63) is 34.9 Å². The van der Waals surface area contributed by atoms with Crippen LogP contribution in [-0.4, -0.2) is 30.4 Å². The second-order valence-electron chi connectivity index (χ2n) is 6.09. The maximum Gasteiger partial charge on any atom is 0.307 e. The molecule has 1 aliphatic rings. The molecule has 0 spiro atoms. The predicted octanol–water partition coefficient (Wildman–Crippen LogP) is 3.98. The minimum atomic E-state index is -0.509. The van der Waals surface area contributed by atoms with E-state index in [-0.39, 0.29) is 18.3 Å². The molecular formula is C18H24ClNO3. The van der Waals surface area contributed by atoms with Gasteiger partial charge < -0.3 is 9.64 Å². The fraction of sp³-hybridized carbons (Fsp3) is 0.556. The fourth-order valence-corrected chi connectivity index (χ4v) is 3.02. The van der Waals surface area contributed by atoms with Crippen LogP contribution in [0.4, 0.5) is 0 Å². The number of carbonyl (C=O) groups is 2. The van der Waals surface area contributed by atoms with Crippen molar-refractivity contribution in [3.63, 3.8) is 0 Å². The van der Waals surface area contributed by atoms with Gasteiger partial charge in [-0.25, -0.2) is 0 Å². The Morgan fingerprint density at radius 2 is 1.96 bits per heavy atom. The van der Waals surface area contributed by atoms with Crippen molar-refractivity contribution in [3.8, 4) is 0 Å². The Balaban J connectivity index is 2.02. The SMILES string of the molecule is CCCCCCN(C)C(=O)[C@@H]1CC(=O)O[C@H]1c1ccc(Cl)cc1. The van der Waals surface area contributed by atoms with Gasteiger partial charge in [0, 0.05) is 18.6 Å². The molecule has 126 valence electrons. The van der Waals surface area contributed by atoms with E-state index in [4.69, 9.17) is 16.3 Å². The van der Waals surface area contributed by atoms with Gasteiger partial charge in [0.05, 0.1) is 12.3 Å². The maximum absolute atomic E-state index is 12.7. The van der Waals surface area contributed by atoms with E-state index in [1.165, 1.54) is 12.8 Å². The highest BCUT2D eigenvalue weighted by Gasteiger charge is 2.41. The third-order valence-electron chi connectivity index (χ3n) is 4.25. The molecule has 1 aromatic carbocycles. The van der Waals surface area contributed by atoms with Crippen LogP contribution in [0.2, 0.25) is 5.02 Å². The minimum absolute atomic E-state index is 0.0210. The van der Waals surface area contributed by atoms with E-state index in [9.17, 15) is 9.59 Å². The van der Waals surface area contributed by atoms with E-state index in [0.717, 1.165) is 24.9 Å². The zero-order valence-electron chi connectivity index (χ0n) is 13.8. The van der Waals surface area contributed by atoms with Gasteiger partial charge in [0.25, 0.3) is 0 Å². The lowest BCUT2D eigenvalue weighted by Gasteiger charge is -2.23. The standard InChI is InChI=1S/C18H24ClNO3/c1-3-4-5-6-11-20(2)18(22)15-12-16(21)23-17(15)13-7-9-14(19)10-8-13/h7-10,15,17H,3-6,11-12H2,1-2H3/t15-,17+/m1/s1. The molecule has 2 rings (SSSR count). The Labute approximate surface area is 142 Å². The first-order chi connectivity index (χ1) is 11.0. The number of ether oxygens (including phenoxy) is 1. The maximum atomic E-state index is 12.7. The minimum Gasteiger partial charge on any atom is -0.457 e. The summed E-state index contributed by atoms with van der Waals surface area (Å²) < 4.78 is 5.38. The van der Waals surface area contributed by atoms with Crippen LogP contribution in [-0.2, 0) is 14.3 Å². The molecule has 1 saturated heterocycles. The molecule has 1 aromatic rings. The second-order valence-corrected chi connectivity index (χ2v) is 6.53. The van der Waals surface area contributed by atoms with Crippen LogP contribution in [0.5, 0.6) is 0 Å². The van der Waals surface area contributed by atoms with Gasteiger partial charge in [-0.15, -0.1) is 0 Å². The molecule has 1 heterocycles. The molecule has 4 nitrogen and oxygen atoms in total. The van der Waals surface area contributed by atoms with Crippen LogP contribution >= 0.6 is 11.6 Å². The smallest absolute Gasteiger partial charge is 0.307 e. The number of cyclic esters (lactones) is 1. The first kappa shape index (κ1) is 17.8. The number of carbonyl (C=O) groups excluding carboxylic acids is 2. The monoisotopic (exact) mass is 337 g/mol. The zero-order valence-corrected chi connectivity index (χ0v) is 14.5. The zero-order chi connectivity index (χ0) is 16.8. The molecular weight excluding hydrogens is 314 g/mol. The predicted molar refractivity (Wildman–Crippen MR) is 90.2 cm³/mol. The Morgan fingerprint density at radius 3 is 2.61 bits per heavy atom. The Morgan fingerprint density at radius 1 is 1.26 bits per heavy atom. The van der Waals surface area contributed by atoms with Crippen molar-refractivity contribution in [1.82, 2.24) is 4.90 Å². The van der Waals surface area contributed by atoms with Crippen molar-refractivity contribution in [2.45, 2.75) is 45.1 Å². The molecule has 0 N–H and O–H groups in total. The lowest BCUT2D eigenvalue weighted by atomic mass is 9.94. The number of esters is 1. The third-order valence-corrected chi connectivity index (χ3v) is 4.50. The number of rotatable bonds is 7. The highest BCUT2D eigenvalue weighted by molar-refractivity contribution is 6.30. The first-order valence-electron chi connectivity index (χ1n) is 8.23. The molecule has 0 aliphatic carbocycles. The van der Waals surface area contributed by atoms with E-state index in [1.807, 2.05) is 12.1 Å². The highest BCUT2D eigenvalue weighted by Crippen LogP contribution is 2.36. The van der Waals surface area contributed by atoms with E-state index in [0.29, 0.717) is 5.02 Å². The van der Waals surface area contributed by atoms with Crippen LogP contribution in [0.1, 0.15) is 50.7 Å². The number of nitrogens with zero attached hydrogens (tertiary/aromatic N) is 1. The lowest BCUT2D eigenvalue weighted by molar-refractivity contribution is -0.142. The quantitative estimate of drug-likeness (QED) is 0.558. The summed E-state index contributed by atoms with van der Waals surface area (Å²) in [7, 11) is 1.80. The largest absolute Gasteiger partial charge is 0.457 e. The molecule has 1 aliphatic heterocycles. The summed E-state index contributed by atoms with van der Waals surface area (Å²) in [6.45, 7) is 2.88. The second kappa shape index (κ2) is 8.34. The van der Waals surface area contributed by atoms with Crippen LogP contribution in [0, 0.1) is 5.92 Å². The highest BCUT2D eigenvalue weighted by atomic mass is 35.5. The van der Waals surface area contributed by atoms with Gasteiger partial charge in [-0.1, -0.05) is 49.9 Å². The molecule has 0 unspecified atom stereocenters. The Bertz CT molecular complexity index is 544. The van der Waals surface area contributed by atoms with Gasteiger partial charge in [-0.2, -0.15) is 0 Å². The molecule has 1 fully saturated rings. The average molecular weight is 338 g/mol. The van der Waals surface area contributed by atoms with Crippen LogP contribution in [0.15, 0.2) is 24.3 Å². The molecule has 23 heavy (non-hydrogen) atoms. The van der Waals surface area contributed by atoms with E-state index in [2.05, 4.69) is 6.92 Å². The number of benzene rings is 1. The fourth-order valence-electron chi connectivity index (χ4n) is 2.90. The van der Waals surface area contributed by atoms with Gasteiger partial charge in [0.15, 0.2) is 0 Å². The van der Waals surface area contributed by atoms with E-state index < -0.39 is 12.0 Å². The summed E-state index contributed by atoms with van der Waals surface area (Å²) in [5, 5.41) is 0.619. The van der Waals surface area contributed by atoms with Gasteiger partial charge in [0.1, 0.15) is 6.10 Å². The topological polar surface area (TPSA) is 46.6 Å². The lowest BCUT2D eigenvalue weighted by Crippen LogP contribution is -2.35. The molecule has 5 heteroatoms. The van der Waals surface area contributed by atoms with Gasteiger partial charge >= 0.3 is 5.97 Å². The number of unbranched alkanes of at least 4 members (excludes halogenated alkanes) is 3. The van der Waals surface area contributed by atoms with Crippen molar-refractivity contribution in [1.29, 1.82) is 0 Å². The van der Waals surface area contributed by atoms with Gasteiger partial charge in [-0.3, -0.25) is 9.59 Å². The summed E-state index contributed by atoms with van der Waals surface area (Å²) in [4.78, 5) is 26.1. The molecule has 0 aromatic heterocycles. The summed E-state index contributed by atoms with van der Waals surface area (Å²) in [6.07, 6.45) is 4.09. The van der Waals surface area contributed by atoms with Gasteiger partial charge in [0.2, 0.25) is 5.91 Å². The molecule has 1 amide bonds. The molecule has 0 radical (unpaired) electrons. The summed E-state index contributed by atoms with van der Waals surface area (Å²) in [5.41, 5.74) is 0.818. The number of amides is 1. The Hall–Kier alpha value is -1.55. The molecule has 0 bridgehead atoms. The molecule has 2 atom stereocenters. The van der Waals surface area contributed by atoms with E-state index in [1.54, 1.807) is 24.1 Å². The average Bonchev–Trinajstić information content (AvgIpc) is 2.93. The molecule has 0 saturated carbocycles. The van der Waals surface area contributed by atoms with Crippen LogP contribution in [0.25, 0.3) is 0 Å².